The van der Waals surface area contributed by atoms with Crippen molar-refractivity contribution < 1.29 is 19.1 Å². The van der Waals surface area contributed by atoms with Gasteiger partial charge in [0.2, 0.25) is 0 Å². The molecule has 2 aromatic rings. The molecule has 7 nitrogen and oxygen atoms in total. The van der Waals surface area contributed by atoms with E-state index in [1.165, 1.54) is 11.8 Å². The number of rotatable bonds is 7. The number of aliphatic imine (C=N–C) groups is 1. The number of hydrogen-bond donors (Lipinski definition) is 1. The highest BCUT2D eigenvalue weighted by Gasteiger charge is 2.38. The lowest BCUT2D eigenvalue weighted by Crippen LogP contribution is -2.34. The van der Waals surface area contributed by atoms with Crippen molar-refractivity contribution >= 4 is 34.5 Å². The maximum Gasteiger partial charge on any atom is 0.338 e. The first-order valence-corrected chi connectivity index (χ1v) is 11.1. The monoisotopic (exact) mass is 449 g/mol. The molecular weight excluding hydrogens is 426 g/mol. The Morgan fingerprint density at radius 3 is 2.66 bits per heavy atom. The zero-order valence-electron chi connectivity index (χ0n) is 17.8. The number of nitrogens with zero attached hydrogens (tertiary/aromatic N) is 2. The number of allylic oxidation sites excluding steroid dienone is 1. The first-order chi connectivity index (χ1) is 15.6. The predicted octanol–water partition coefficient (Wildman–Crippen LogP) is 4.47. The van der Waals surface area contributed by atoms with E-state index in [9.17, 15) is 9.59 Å². The van der Waals surface area contributed by atoms with Crippen LogP contribution in [0.25, 0.3) is 0 Å². The molecule has 0 spiro atoms. The SMILES string of the molecule is CCOC(=O)C1=C(C)N=C2SC=CN2[C@@H]1c1ccccc1OCC(=O)Nc1ccccc1. The Morgan fingerprint density at radius 2 is 1.88 bits per heavy atom. The molecule has 2 aromatic carbocycles. The molecule has 0 bridgehead atoms. The van der Waals surface area contributed by atoms with E-state index in [2.05, 4.69) is 10.3 Å². The van der Waals surface area contributed by atoms with Crippen molar-refractivity contribution in [3.8, 4) is 5.75 Å². The van der Waals surface area contributed by atoms with Gasteiger partial charge in [-0.3, -0.25) is 4.79 Å². The molecule has 4 rings (SSSR count). The Kier molecular flexibility index (Phi) is 6.61. The highest BCUT2D eigenvalue weighted by Crippen LogP contribution is 2.43. The van der Waals surface area contributed by atoms with E-state index in [-0.39, 0.29) is 19.1 Å². The summed E-state index contributed by atoms with van der Waals surface area (Å²) < 4.78 is 11.2. The van der Waals surface area contributed by atoms with Crippen LogP contribution in [0.1, 0.15) is 25.5 Å². The van der Waals surface area contributed by atoms with Crippen LogP contribution in [-0.2, 0) is 14.3 Å². The summed E-state index contributed by atoms with van der Waals surface area (Å²) in [4.78, 5) is 31.8. The van der Waals surface area contributed by atoms with Crippen LogP contribution in [0.3, 0.4) is 0 Å². The van der Waals surface area contributed by atoms with Crippen LogP contribution in [-0.4, -0.2) is 35.2 Å². The summed E-state index contributed by atoms with van der Waals surface area (Å²) in [5.74, 6) is -0.174. The molecular formula is C24H23N3O4S. The Bertz CT molecular complexity index is 1110. The van der Waals surface area contributed by atoms with Gasteiger partial charge in [0, 0.05) is 17.5 Å². The lowest BCUT2D eigenvalue weighted by Gasteiger charge is -2.34. The molecule has 0 saturated heterocycles. The van der Waals surface area contributed by atoms with E-state index in [1.807, 2.05) is 65.0 Å². The van der Waals surface area contributed by atoms with Crippen LogP contribution in [0, 0.1) is 0 Å². The first kappa shape index (κ1) is 21.7. The average molecular weight is 450 g/mol. The number of esters is 1. The van der Waals surface area contributed by atoms with E-state index in [1.54, 1.807) is 19.9 Å². The minimum Gasteiger partial charge on any atom is -0.483 e. The molecule has 0 saturated carbocycles. The van der Waals surface area contributed by atoms with Crippen LogP contribution in [0.15, 0.2) is 82.5 Å². The number of thioether (sulfide) groups is 1. The number of anilines is 1. The van der Waals surface area contributed by atoms with Crippen molar-refractivity contribution in [1.29, 1.82) is 0 Å². The fraction of sp³-hybridized carbons (Fsp3) is 0.208. The molecule has 1 atom stereocenters. The van der Waals surface area contributed by atoms with E-state index < -0.39 is 12.0 Å². The molecule has 0 fully saturated rings. The lowest BCUT2D eigenvalue weighted by atomic mass is 9.94. The summed E-state index contributed by atoms with van der Waals surface area (Å²) in [7, 11) is 0. The molecule has 1 N–H and O–H groups in total. The zero-order chi connectivity index (χ0) is 22.5. The van der Waals surface area contributed by atoms with Crippen molar-refractivity contribution in [2.75, 3.05) is 18.5 Å². The number of ether oxygens (including phenoxy) is 2. The van der Waals surface area contributed by atoms with Crippen molar-refractivity contribution in [1.82, 2.24) is 4.90 Å². The maximum absolute atomic E-state index is 12.8. The summed E-state index contributed by atoms with van der Waals surface area (Å²) in [6.45, 7) is 3.68. The number of benzene rings is 2. The fourth-order valence-corrected chi connectivity index (χ4v) is 4.37. The Hall–Kier alpha value is -3.52. The van der Waals surface area contributed by atoms with Crippen molar-refractivity contribution in [3.05, 3.63) is 83.0 Å². The van der Waals surface area contributed by atoms with Crippen molar-refractivity contribution in [2.45, 2.75) is 19.9 Å². The normalized spacial score (nSPS) is 17.0. The van der Waals surface area contributed by atoms with E-state index in [4.69, 9.17) is 9.47 Å². The summed E-state index contributed by atoms with van der Waals surface area (Å²) >= 11 is 1.49. The Labute approximate surface area is 190 Å². The number of fused-ring (bicyclic) bond motifs is 1. The van der Waals surface area contributed by atoms with Crippen LogP contribution in [0.4, 0.5) is 5.69 Å². The average Bonchev–Trinajstić information content (AvgIpc) is 3.26. The van der Waals surface area contributed by atoms with Gasteiger partial charge in [0.05, 0.1) is 23.9 Å². The summed E-state index contributed by atoms with van der Waals surface area (Å²) in [5, 5.41) is 5.50. The minimum atomic E-state index is -0.471. The second-order valence-corrected chi connectivity index (χ2v) is 7.94. The number of carbonyl (C=O) groups is 2. The number of amidine groups is 1. The molecule has 2 aliphatic heterocycles. The summed E-state index contributed by atoms with van der Waals surface area (Å²) in [5.41, 5.74) is 2.51. The molecule has 8 heteroatoms. The molecule has 0 aliphatic carbocycles. The minimum absolute atomic E-state index is 0.165. The van der Waals surface area contributed by atoms with Gasteiger partial charge in [-0.05, 0) is 37.5 Å². The van der Waals surface area contributed by atoms with Gasteiger partial charge in [0.1, 0.15) is 5.75 Å². The summed E-state index contributed by atoms with van der Waals surface area (Å²) in [6, 6.07) is 16.1. The van der Waals surface area contributed by atoms with Gasteiger partial charge in [0.25, 0.3) is 5.91 Å². The van der Waals surface area contributed by atoms with E-state index >= 15 is 0 Å². The Morgan fingerprint density at radius 1 is 1.12 bits per heavy atom. The lowest BCUT2D eigenvalue weighted by molar-refractivity contribution is -0.139. The standard InChI is InChI=1S/C24H23N3O4S/c1-3-30-23(29)21-16(2)25-24-27(13-14-32-24)22(21)18-11-7-8-12-19(18)31-15-20(28)26-17-9-5-4-6-10-17/h4-14,22H,3,15H2,1-2H3,(H,26,28)/t22-/m1/s1. The smallest absolute Gasteiger partial charge is 0.338 e. The van der Waals surface area contributed by atoms with Crippen LogP contribution in [0.2, 0.25) is 0 Å². The second kappa shape index (κ2) is 9.74. The number of amides is 1. The van der Waals surface area contributed by atoms with Gasteiger partial charge in [-0.1, -0.05) is 48.2 Å². The molecule has 1 amide bonds. The van der Waals surface area contributed by atoms with Crippen LogP contribution < -0.4 is 10.1 Å². The Balaban J connectivity index is 1.61. The maximum atomic E-state index is 12.8. The number of para-hydroxylation sites is 2. The second-order valence-electron chi connectivity index (χ2n) is 7.07. The highest BCUT2D eigenvalue weighted by atomic mass is 32.2. The first-order valence-electron chi connectivity index (χ1n) is 10.2. The topological polar surface area (TPSA) is 80.2 Å². The zero-order valence-corrected chi connectivity index (χ0v) is 18.6. The predicted molar refractivity (Wildman–Crippen MR) is 125 cm³/mol. The largest absolute Gasteiger partial charge is 0.483 e. The van der Waals surface area contributed by atoms with Crippen molar-refractivity contribution in [2.24, 2.45) is 4.99 Å². The third kappa shape index (κ3) is 4.55. The van der Waals surface area contributed by atoms with Crippen LogP contribution in [0.5, 0.6) is 5.75 Å². The van der Waals surface area contributed by atoms with E-state index in [0.29, 0.717) is 22.7 Å². The molecule has 2 heterocycles. The molecule has 0 radical (unpaired) electrons. The third-order valence-electron chi connectivity index (χ3n) is 4.95. The summed E-state index contributed by atoms with van der Waals surface area (Å²) in [6.07, 6.45) is 1.89. The molecule has 0 unspecified atom stereocenters. The number of carbonyl (C=O) groups excluding carboxylic acids is 2. The van der Waals surface area contributed by atoms with Gasteiger partial charge in [-0.2, -0.15) is 0 Å². The van der Waals surface area contributed by atoms with Gasteiger partial charge in [0.15, 0.2) is 11.8 Å². The van der Waals surface area contributed by atoms with Gasteiger partial charge >= 0.3 is 5.97 Å². The van der Waals surface area contributed by atoms with Gasteiger partial charge in [-0.15, -0.1) is 0 Å². The fourth-order valence-electron chi connectivity index (χ4n) is 3.58. The molecule has 32 heavy (non-hydrogen) atoms. The molecule has 0 aromatic heterocycles. The van der Waals surface area contributed by atoms with Crippen molar-refractivity contribution in [3.63, 3.8) is 0 Å². The molecule has 164 valence electrons. The highest BCUT2D eigenvalue weighted by molar-refractivity contribution is 8.16. The number of nitrogens with one attached hydrogen (secondary N) is 1. The molecule has 2 aliphatic rings. The van der Waals surface area contributed by atoms with Gasteiger partial charge < -0.3 is 19.7 Å². The van der Waals surface area contributed by atoms with Crippen LogP contribution >= 0.6 is 11.8 Å². The number of hydrogen-bond acceptors (Lipinski definition) is 7. The van der Waals surface area contributed by atoms with E-state index in [0.717, 1.165) is 10.7 Å². The van der Waals surface area contributed by atoms with Gasteiger partial charge in [-0.25, -0.2) is 9.79 Å². The quantitative estimate of drug-likeness (QED) is 0.628. The third-order valence-corrected chi connectivity index (χ3v) is 5.72.